The highest BCUT2D eigenvalue weighted by Gasteiger charge is 2.63. The Hall–Kier alpha value is -2.09. The monoisotopic (exact) mass is 402 g/mol. The molecule has 0 fully saturated rings. The van der Waals surface area contributed by atoms with Crippen LogP contribution in [0.3, 0.4) is 0 Å². The number of benzene rings is 2. The number of hydrazone groups is 1. The summed E-state index contributed by atoms with van der Waals surface area (Å²) in [6.45, 7) is 0. The smallest absolute Gasteiger partial charge is 0.362 e. The van der Waals surface area contributed by atoms with Gasteiger partial charge in [-0.25, -0.2) is 0 Å². The molecule has 3 rings (SSSR count). The number of aliphatic hydroxyl groups is 1. The van der Waals surface area contributed by atoms with E-state index >= 15 is 0 Å². The summed E-state index contributed by atoms with van der Waals surface area (Å²) in [6, 6.07) is 11.5. The molecule has 26 heavy (non-hydrogen) atoms. The van der Waals surface area contributed by atoms with E-state index in [0.29, 0.717) is 10.6 Å². The number of hydrogen-bond acceptors (Lipinski definition) is 3. The van der Waals surface area contributed by atoms with Gasteiger partial charge in [-0.2, -0.15) is 23.3 Å². The lowest BCUT2D eigenvalue weighted by molar-refractivity contribution is -0.297. The molecule has 9 heteroatoms. The zero-order valence-electron chi connectivity index (χ0n) is 13.0. The molecule has 4 nitrogen and oxygen atoms in total. The van der Waals surface area contributed by atoms with Gasteiger partial charge in [-0.1, -0.05) is 47.5 Å². The summed E-state index contributed by atoms with van der Waals surface area (Å²) < 4.78 is 40.7. The lowest BCUT2D eigenvalue weighted by Crippen LogP contribution is -2.56. The third kappa shape index (κ3) is 3.18. The van der Waals surface area contributed by atoms with Crippen LogP contribution in [0.2, 0.25) is 10.0 Å². The van der Waals surface area contributed by atoms with Gasteiger partial charge in [0.2, 0.25) is 0 Å². The summed E-state index contributed by atoms with van der Waals surface area (Å²) in [5.41, 5.74) is -3.45. The summed E-state index contributed by atoms with van der Waals surface area (Å²) in [5.74, 6) is -1.15. The van der Waals surface area contributed by atoms with Crippen molar-refractivity contribution in [2.75, 3.05) is 0 Å². The predicted molar refractivity (Wildman–Crippen MR) is 91.2 cm³/mol. The van der Waals surface area contributed by atoms with Crippen molar-refractivity contribution in [3.8, 4) is 0 Å². The van der Waals surface area contributed by atoms with E-state index in [4.69, 9.17) is 23.2 Å². The Labute approximate surface area is 156 Å². The lowest BCUT2D eigenvalue weighted by Gasteiger charge is -2.32. The third-order valence-electron chi connectivity index (χ3n) is 3.91. The first kappa shape index (κ1) is 18.7. The van der Waals surface area contributed by atoms with Crippen LogP contribution < -0.4 is 0 Å². The highest BCUT2D eigenvalue weighted by molar-refractivity contribution is 6.34. The number of alkyl halides is 3. The molecule has 0 aromatic heterocycles. The normalized spacial score (nSPS) is 20.2. The SMILES string of the molecule is O=C(c1ccccc1Cl)N1N=C(c2ccc(Cl)cc2)CC1(O)C(F)(F)F. The highest BCUT2D eigenvalue weighted by atomic mass is 35.5. The van der Waals surface area contributed by atoms with Crippen molar-refractivity contribution in [3.63, 3.8) is 0 Å². The fourth-order valence-corrected chi connectivity index (χ4v) is 2.87. The van der Waals surface area contributed by atoms with E-state index in [9.17, 15) is 23.1 Å². The number of rotatable bonds is 2. The first-order chi connectivity index (χ1) is 12.1. The fourth-order valence-electron chi connectivity index (χ4n) is 2.53. The molecule has 0 bridgehead atoms. The average molecular weight is 403 g/mol. The van der Waals surface area contributed by atoms with Crippen LogP contribution in [0.4, 0.5) is 13.2 Å². The molecule has 1 atom stereocenters. The molecular weight excluding hydrogens is 392 g/mol. The van der Waals surface area contributed by atoms with Gasteiger partial charge in [-0.15, -0.1) is 0 Å². The second-order valence-corrected chi connectivity index (χ2v) is 6.49. The molecule has 1 N–H and O–H groups in total. The van der Waals surface area contributed by atoms with Crippen molar-refractivity contribution >= 4 is 34.8 Å². The molecule has 0 aliphatic carbocycles. The fraction of sp³-hybridized carbons (Fsp3) is 0.176. The van der Waals surface area contributed by atoms with Gasteiger partial charge in [0.15, 0.2) is 0 Å². The maximum atomic E-state index is 13.6. The van der Waals surface area contributed by atoms with Crippen LogP contribution in [0, 0.1) is 0 Å². The lowest BCUT2D eigenvalue weighted by atomic mass is 10.0. The molecular formula is C17H11Cl2F3N2O2. The van der Waals surface area contributed by atoms with E-state index in [1.807, 2.05) is 0 Å². The number of carbonyl (C=O) groups is 1. The zero-order valence-corrected chi connectivity index (χ0v) is 14.5. The van der Waals surface area contributed by atoms with E-state index in [1.54, 1.807) is 0 Å². The summed E-state index contributed by atoms with van der Waals surface area (Å²) in [6.07, 6.45) is -6.03. The van der Waals surface area contributed by atoms with Crippen LogP contribution in [0.1, 0.15) is 22.3 Å². The van der Waals surface area contributed by atoms with Crippen molar-refractivity contribution < 1.29 is 23.1 Å². The molecule has 2 aromatic rings. The van der Waals surface area contributed by atoms with Crippen molar-refractivity contribution in [2.45, 2.75) is 18.3 Å². The molecule has 1 amide bonds. The maximum Gasteiger partial charge on any atom is 0.438 e. The Morgan fingerprint density at radius 3 is 2.31 bits per heavy atom. The number of hydrogen-bond donors (Lipinski definition) is 1. The Balaban J connectivity index is 2.07. The number of amides is 1. The number of halogens is 5. The van der Waals surface area contributed by atoms with Gasteiger partial charge in [-0.05, 0) is 29.8 Å². The van der Waals surface area contributed by atoms with Crippen molar-refractivity contribution in [2.24, 2.45) is 5.10 Å². The van der Waals surface area contributed by atoms with Gasteiger partial charge >= 0.3 is 6.18 Å². The van der Waals surface area contributed by atoms with E-state index < -0.39 is 24.2 Å². The first-order valence-corrected chi connectivity index (χ1v) is 8.11. The maximum absolute atomic E-state index is 13.6. The van der Waals surface area contributed by atoms with Crippen molar-refractivity contribution in [1.29, 1.82) is 0 Å². The van der Waals surface area contributed by atoms with Crippen LogP contribution >= 0.6 is 23.2 Å². The quantitative estimate of drug-likeness (QED) is 0.803. The molecule has 1 heterocycles. The number of nitrogens with zero attached hydrogens (tertiary/aromatic N) is 2. The Kier molecular flexibility index (Phi) is 4.72. The summed E-state index contributed by atoms with van der Waals surface area (Å²) in [5, 5.41) is 14.4. The third-order valence-corrected chi connectivity index (χ3v) is 4.49. The molecule has 1 aliphatic rings. The van der Waals surface area contributed by atoms with E-state index in [0.717, 1.165) is 0 Å². The van der Waals surface area contributed by atoms with Crippen molar-refractivity contribution in [3.05, 3.63) is 69.7 Å². The van der Waals surface area contributed by atoms with Crippen LogP contribution in [-0.2, 0) is 0 Å². The van der Waals surface area contributed by atoms with E-state index in [-0.39, 0.29) is 21.3 Å². The molecule has 0 saturated heterocycles. The Morgan fingerprint density at radius 1 is 1.12 bits per heavy atom. The van der Waals surface area contributed by atoms with Gasteiger partial charge in [0.1, 0.15) is 0 Å². The minimum Gasteiger partial charge on any atom is -0.362 e. The Bertz CT molecular complexity index is 884. The first-order valence-electron chi connectivity index (χ1n) is 7.35. The van der Waals surface area contributed by atoms with E-state index in [2.05, 4.69) is 5.10 Å². The standard InChI is InChI=1S/C17H11Cl2F3N2O2/c18-11-7-5-10(6-8-11)14-9-16(26,17(20,21)22)24(23-14)15(25)12-3-1-2-4-13(12)19/h1-8,26H,9H2. The van der Waals surface area contributed by atoms with Gasteiger partial charge < -0.3 is 5.11 Å². The van der Waals surface area contributed by atoms with Crippen LogP contribution in [0.25, 0.3) is 0 Å². The molecule has 2 aromatic carbocycles. The molecule has 0 saturated carbocycles. The van der Waals surface area contributed by atoms with Crippen LogP contribution in [0.15, 0.2) is 53.6 Å². The molecule has 0 spiro atoms. The van der Waals surface area contributed by atoms with Crippen molar-refractivity contribution in [1.82, 2.24) is 5.01 Å². The van der Waals surface area contributed by atoms with Gasteiger partial charge in [-0.3, -0.25) is 4.79 Å². The van der Waals surface area contributed by atoms with Crippen LogP contribution in [-0.4, -0.2) is 33.6 Å². The molecule has 1 unspecified atom stereocenters. The minimum absolute atomic E-state index is 0.0398. The summed E-state index contributed by atoms with van der Waals surface area (Å²) >= 11 is 11.7. The van der Waals surface area contributed by atoms with Gasteiger partial charge in [0, 0.05) is 5.02 Å². The van der Waals surface area contributed by atoms with Gasteiger partial charge in [0.25, 0.3) is 11.6 Å². The number of carbonyl (C=O) groups excluding carboxylic acids is 1. The second-order valence-electron chi connectivity index (χ2n) is 5.64. The highest BCUT2D eigenvalue weighted by Crippen LogP contribution is 2.42. The topological polar surface area (TPSA) is 52.9 Å². The minimum atomic E-state index is -5.12. The summed E-state index contributed by atoms with van der Waals surface area (Å²) in [7, 11) is 0. The molecule has 1 aliphatic heterocycles. The zero-order chi connectivity index (χ0) is 19.1. The Morgan fingerprint density at radius 2 is 1.73 bits per heavy atom. The largest absolute Gasteiger partial charge is 0.438 e. The van der Waals surface area contributed by atoms with Gasteiger partial charge in [0.05, 0.1) is 22.7 Å². The average Bonchev–Trinajstić information content (AvgIpc) is 2.94. The van der Waals surface area contributed by atoms with E-state index in [1.165, 1.54) is 48.5 Å². The predicted octanol–water partition coefficient (Wildman–Crippen LogP) is 4.49. The molecule has 0 radical (unpaired) electrons. The molecule has 136 valence electrons. The summed E-state index contributed by atoms with van der Waals surface area (Å²) in [4.78, 5) is 12.6. The second kappa shape index (κ2) is 6.57. The van der Waals surface area contributed by atoms with Crippen LogP contribution in [0.5, 0.6) is 0 Å².